The van der Waals surface area contributed by atoms with E-state index in [1.54, 1.807) is 6.07 Å². The smallest absolute Gasteiger partial charge is 0.406 e. The second-order valence-corrected chi connectivity index (χ2v) is 10.5. The number of benzene rings is 3. The summed E-state index contributed by atoms with van der Waals surface area (Å²) in [5.41, 5.74) is 6.66. The maximum absolute atomic E-state index is 14.9. The molecule has 0 saturated carbocycles. The molecular formula is C28H25F6N5O3S. The summed E-state index contributed by atoms with van der Waals surface area (Å²) < 4.78 is 97.3. The molecule has 1 atom stereocenters. The van der Waals surface area contributed by atoms with Crippen LogP contribution in [0.3, 0.4) is 0 Å². The Labute approximate surface area is 244 Å². The van der Waals surface area contributed by atoms with Gasteiger partial charge >= 0.3 is 6.36 Å². The molecule has 43 heavy (non-hydrogen) atoms. The van der Waals surface area contributed by atoms with Crippen LogP contribution in [-0.4, -0.2) is 31.5 Å². The fraction of sp³-hybridized carbons (Fsp3) is 0.179. The van der Waals surface area contributed by atoms with Crippen molar-refractivity contribution in [3.63, 3.8) is 0 Å². The summed E-state index contributed by atoms with van der Waals surface area (Å²) in [7, 11) is -1.65. The Balaban J connectivity index is 1.88. The van der Waals surface area contributed by atoms with Crippen molar-refractivity contribution < 1.29 is 40.4 Å². The number of ether oxygens (including phenoxy) is 1. The van der Waals surface area contributed by atoms with Crippen LogP contribution < -0.4 is 21.3 Å². The number of hydrogen-bond acceptors (Lipinski definition) is 7. The van der Waals surface area contributed by atoms with Crippen LogP contribution in [0.25, 0.3) is 22.5 Å². The zero-order valence-electron chi connectivity index (χ0n) is 22.6. The summed E-state index contributed by atoms with van der Waals surface area (Å²) in [6.45, 7) is 0.820. The van der Waals surface area contributed by atoms with Crippen LogP contribution in [-0.2, 0) is 17.4 Å². The molecule has 3 aromatic carbocycles. The monoisotopic (exact) mass is 625 g/mol. The minimum Gasteiger partial charge on any atom is -0.406 e. The van der Waals surface area contributed by atoms with Crippen LogP contribution in [0.2, 0.25) is 0 Å². The third-order valence-corrected chi connectivity index (χ3v) is 7.36. The number of aliphatic hydroxyl groups excluding tert-OH is 1. The van der Waals surface area contributed by atoms with Crippen molar-refractivity contribution in [1.82, 2.24) is 9.55 Å². The number of aliphatic hydroxyl groups is 1. The number of aromatic nitrogens is 2. The Morgan fingerprint density at radius 2 is 1.81 bits per heavy atom. The van der Waals surface area contributed by atoms with Gasteiger partial charge in [0.2, 0.25) is 0 Å². The Bertz CT molecular complexity index is 1690. The van der Waals surface area contributed by atoms with Gasteiger partial charge in [0.25, 0.3) is 6.43 Å². The SMILES string of the molecule is Cc1nc(C(F)F)cn1-c1ccc(-c2cc(F)c(CO)c(S(C)=O)c2)cc1N(N)/C(=C\N)c1ccc(OC(F)(F)F)cc1. The number of anilines is 1. The van der Waals surface area contributed by atoms with E-state index in [9.17, 15) is 35.7 Å². The second kappa shape index (κ2) is 12.5. The predicted octanol–water partition coefficient (Wildman–Crippen LogP) is 5.69. The zero-order valence-corrected chi connectivity index (χ0v) is 23.4. The first-order valence-electron chi connectivity index (χ1n) is 12.3. The van der Waals surface area contributed by atoms with Gasteiger partial charge in [-0.2, -0.15) is 0 Å². The molecule has 1 heterocycles. The first-order valence-corrected chi connectivity index (χ1v) is 13.9. The van der Waals surface area contributed by atoms with Gasteiger partial charge in [-0.1, -0.05) is 6.07 Å². The minimum absolute atomic E-state index is 0.0727. The van der Waals surface area contributed by atoms with E-state index in [0.717, 1.165) is 35.6 Å². The lowest BCUT2D eigenvalue weighted by Crippen LogP contribution is -2.31. The van der Waals surface area contributed by atoms with E-state index in [4.69, 9.17) is 11.6 Å². The standard InChI is InChI=1S/C28H25F6N5O3S/c1-15-37-22(27(30)31)13-38(15)23-8-5-17(18-9-21(29)20(14-40)26(11-18)43(2)41)10-24(23)39(36)25(12-35)16-3-6-19(7-4-16)42-28(32,33)34/h3-13,27,40H,14,35-36H2,1-2H3/b25-12-. The highest BCUT2D eigenvalue weighted by Crippen LogP contribution is 2.36. The molecule has 0 aliphatic rings. The molecule has 0 radical (unpaired) electrons. The summed E-state index contributed by atoms with van der Waals surface area (Å²) >= 11 is 0. The van der Waals surface area contributed by atoms with Gasteiger partial charge in [-0.3, -0.25) is 9.22 Å². The fourth-order valence-corrected chi connectivity index (χ4v) is 5.21. The molecule has 0 amide bonds. The zero-order chi connectivity index (χ0) is 31.6. The van der Waals surface area contributed by atoms with Crippen molar-refractivity contribution in [3.05, 3.63) is 95.5 Å². The van der Waals surface area contributed by atoms with E-state index in [-0.39, 0.29) is 44.5 Å². The van der Waals surface area contributed by atoms with Gasteiger partial charge < -0.3 is 20.1 Å². The maximum Gasteiger partial charge on any atom is 0.573 e. The molecule has 8 nitrogen and oxygen atoms in total. The van der Waals surface area contributed by atoms with E-state index in [2.05, 4.69) is 9.72 Å². The third-order valence-electron chi connectivity index (χ3n) is 6.38. The first kappa shape index (κ1) is 31.6. The molecule has 1 aromatic heterocycles. The maximum atomic E-state index is 14.9. The van der Waals surface area contributed by atoms with Crippen LogP contribution in [0.5, 0.6) is 5.75 Å². The summed E-state index contributed by atoms with van der Waals surface area (Å²) in [6, 6.07) is 11.8. The summed E-state index contributed by atoms with van der Waals surface area (Å²) in [5.74, 6) is 5.42. The number of alkyl halides is 5. The average Bonchev–Trinajstić information content (AvgIpc) is 3.34. The van der Waals surface area contributed by atoms with E-state index in [0.29, 0.717) is 5.56 Å². The number of hydrazine groups is 1. The second-order valence-electron chi connectivity index (χ2n) is 9.13. The van der Waals surface area contributed by atoms with Crippen LogP contribution in [0, 0.1) is 12.7 Å². The number of imidazole rings is 1. The van der Waals surface area contributed by atoms with Gasteiger partial charge in [0, 0.05) is 34.7 Å². The molecule has 0 fully saturated rings. The largest absolute Gasteiger partial charge is 0.573 e. The number of nitrogens with two attached hydrogens (primary N) is 2. The highest BCUT2D eigenvalue weighted by Gasteiger charge is 2.31. The summed E-state index contributed by atoms with van der Waals surface area (Å²) in [4.78, 5) is 3.97. The molecule has 0 aliphatic carbocycles. The summed E-state index contributed by atoms with van der Waals surface area (Å²) in [6.07, 6.45) is -4.22. The molecule has 15 heteroatoms. The quantitative estimate of drug-likeness (QED) is 0.124. The lowest BCUT2D eigenvalue weighted by atomic mass is 10.0. The van der Waals surface area contributed by atoms with E-state index in [1.165, 1.54) is 48.1 Å². The molecule has 4 aromatic rings. The number of hydrogen-bond donors (Lipinski definition) is 3. The van der Waals surface area contributed by atoms with Gasteiger partial charge in [-0.05, 0) is 66.6 Å². The third kappa shape index (κ3) is 6.84. The molecule has 1 unspecified atom stereocenters. The molecule has 4 rings (SSSR count). The number of halogens is 6. The summed E-state index contributed by atoms with van der Waals surface area (Å²) in [5, 5.41) is 10.7. The molecule has 0 saturated heterocycles. The normalized spacial score (nSPS) is 13.0. The van der Waals surface area contributed by atoms with E-state index >= 15 is 0 Å². The molecule has 0 bridgehead atoms. The average molecular weight is 626 g/mol. The Morgan fingerprint density at radius 3 is 2.35 bits per heavy atom. The van der Waals surface area contributed by atoms with Crippen molar-refractivity contribution in [3.8, 4) is 22.6 Å². The van der Waals surface area contributed by atoms with Crippen molar-refractivity contribution in [2.75, 3.05) is 11.3 Å². The fourth-order valence-electron chi connectivity index (χ4n) is 4.40. The molecule has 228 valence electrons. The van der Waals surface area contributed by atoms with Crippen molar-refractivity contribution in [2.24, 2.45) is 11.6 Å². The van der Waals surface area contributed by atoms with Crippen LogP contribution in [0.1, 0.15) is 29.1 Å². The van der Waals surface area contributed by atoms with Crippen LogP contribution in [0.15, 0.2) is 71.9 Å². The van der Waals surface area contributed by atoms with Gasteiger partial charge in [0.15, 0.2) is 0 Å². The Kier molecular flexibility index (Phi) is 9.18. The molecule has 0 spiro atoms. The van der Waals surface area contributed by atoms with Crippen molar-refractivity contribution in [2.45, 2.75) is 31.2 Å². The number of nitrogens with zero attached hydrogens (tertiary/aromatic N) is 3. The van der Waals surface area contributed by atoms with E-state index in [1.807, 2.05) is 0 Å². The topological polar surface area (TPSA) is 120 Å². The molecule has 0 aliphatic heterocycles. The lowest BCUT2D eigenvalue weighted by Gasteiger charge is -2.26. The van der Waals surface area contributed by atoms with Crippen LogP contribution >= 0.6 is 0 Å². The van der Waals surface area contributed by atoms with Crippen LogP contribution in [0.4, 0.5) is 32.0 Å². The first-order chi connectivity index (χ1) is 20.2. The van der Waals surface area contributed by atoms with Crippen molar-refractivity contribution in [1.29, 1.82) is 0 Å². The molecular weight excluding hydrogens is 600 g/mol. The van der Waals surface area contributed by atoms with E-state index < -0.39 is 47.5 Å². The van der Waals surface area contributed by atoms with Gasteiger partial charge in [-0.15, -0.1) is 13.2 Å². The highest BCUT2D eigenvalue weighted by molar-refractivity contribution is 7.84. The Hall–Kier alpha value is -4.34. The Morgan fingerprint density at radius 1 is 1.14 bits per heavy atom. The van der Waals surface area contributed by atoms with Gasteiger partial charge in [0.05, 0.1) is 34.5 Å². The van der Waals surface area contributed by atoms with Crippen molar-refractivity contribution >= 4 is 22.2 Å². The number of rotatable bonds is 9. The van der Waals surface area contributed by atoms with Gasteiger partial charge in [-0.25, -0.2) is 24.0 Å². The number of aryl methyl sites for hydroxylation is 1. The lowest BCUT2D eigenvalue weighted by molar-refractivity contribution is -0.274. The minimum atomic E-state index is -4.90. The highest BCUT2D eigenvalue weighted by atomic mass is 32.2. The molecule has 5 N–H and O–H groups in total. The van der Waals surface area contributed by atoms with Gasteiger partial charge in [0.1, 0.15) is 23.1 Å². The predicted molar refractivity (Wildman–Crippen MR) is 149 cm³/mol.